The molecule has 4 heteroatoms. The van der Waals surface area contributed by atoms with Crippen LogP contribution in [-0.4, -0.2) is 23.4 Å². The van der Waals surface area contributed by atoms with Crippen LogP contribution >= 0.6 is 11.6 Å². The molecular weight excluding hydrogens is 380 g/mol. The van der Waals surface area contributed by atoms with E-state index in [0.717, 1.165) is 42.1 Å². The molecule has 0 bridgehead atoms. The van der Waals surface area contributed by atoms with Crippen LogP contribution in [0.3, 0.4) is 0 Å². The van der Waals surface area contributed by atoms with Gasteiger partial charge in [-0.3, -0.25) is 4.79 Å². The van der Waals surface area contributed by atoms with Crippen LogP contribution < -0.4 is 5.32 Å². The Labute approximate surface area is 177 Å². The third kappa shape index (κ3) is 3.36. The molecule has 3 aliphatic rings. The van der Waals surface area contributed by atoms with Gasteiger partial charge in [0.15, 0.2) is 0 Å². The number of hydrogen-bond acceptors (Lipinski definition) is 2. The number of carbonyl (C=O) groups is 1. The first kappa shape index (κ1) is 18.7. The number of allylic oxidation sites excluding steroid dienone is 2. The first-order valence-electron chi connectivity index (χ1n) is 10.8. The van der Waals surface area contributed by atoms with E-state index >= 15 is 0 Å². The Hall–Kier alpha value is -2.26. The fraction of sp³-hybridized carbons (Fsp3) is 0.400. The van der Waals surface area contributed by atoms with E-state index in [1.54, 1.807) is 0 Å². The maximum atomic E-state index is 13.2. The zero-order valence-electron chi connectivity index (χ0n) is 16.8. The standard InChI is InChI=1S/C25H27ClN2O/c1-16-5-2-3-14-28(16)25(29)18-10-13-23-22(15-18)20-6-4-7-21(20)24(27-23)17-8-11-19(26)12-9-17/h4,6,8-13,15-16,20-21,24,27H,2-3,5,7,14H2,1H3/t16-,20-,21+,24-/m1/s1. The first-order chi connectivity index (χ1) is 14.1. The molecule has 1 amide bonds. The molecule has 0 unspecified atom stereocenters. The molecule has 0 spiro atoms. The number of benzene rings is 2. The molecule has 29 heavy (non-hydrogen) atoms. The van der Waals surface area contributed by atoms with Crippen molar-refractivity contribution in [2.45, 2.75) is 50.6 Å². The molecule has 3 nitrogen and oxygen atoms in total. The zero-order valence-corrected chi connectivity index (χ0v) is 17.5. The Balaban J connectivity index is 1.47. The Morgan fingerprint density at radius 3 is 2.76 bits per heavy atom. The largest absolute Gasteiger partial charge is 0.378 e. The van der Waals surface area contributed by atoms with Gasteiger partial charge in [0, 0.05) is 34.8 Å². The summed E-state index contributed by atoms with van der Waals surface area (Å²) in [5.74, 6) is 0.986. The summed E-state index contributed by atoms with van der Waals surface area (Å²) in [5.41, 5.74) is 4.48. The number of nitrogens with zero attached hydrogens (tertiary/aromatic N) is 1. The van der Waals surface area contributed by atoms with Gasteiger partial charge in [-0.15, -0.1) is 0 Å². The summed E-state index contributed by atoms with van der Waals surface area (Å²) in [6.07, 6.45) is 9.10. The third-order valence-corrected chi connectivity index (χ3v) is 7.15. The molecule has 150 valence electrons. The van der Waals surface area contributed by atoms with Crippen molar-refractivity contribution in [1.29, 1.82) is 0 Å². The number of piperidine rings is 1. The van der Waals surface area contributed by atoms with Gasteiger partial charge in [-0.2, -0.15) is 0 Å². The highest BCUT2D eigenvalue weighted by molar-refractivity contribution is 6.30. The van der Waals surface area contributed by atoms with Gasteiger partial charge in [-0.1, -0.05) is 35.9 Å². The van der Waals surface area contributed by atoms with Gasteiger partial charge in [0.1, 0.15) is 0 Å². The van der Waals surface area contributed by atoms with E-state index in [9.17, 15) is 4.79 Å². The number of nitrogens with one attached hydrogen (secondary N) is 1. The Morgan fingerprint density at radius 1 is 1.14 bits per heavy atom. The predicted molar refractivity (Wildman–Crippen MR) is 119 cm³/mol. The minimum Gasteiger partial charge on any atom is -0.378 e. The lowest BCUT2D eigenvalue weighted by Gasteiger charge is -2.38. The van der Waals surface area contributed by atoms with Gasteiger partial charge in [-0.25, -0.2) is 0 Å². The van der Waals surface area contributed by atoms with Crippen LogP contribution in [0.25, 0.3) is 0 Å². The van der Waals surface area contributed by atoms with E-state index in [4.69, 9.17) is 11.6 Å². The number of anilines is 1. The molecule has 1 aliphatic carbocycles. The van der Waals surface area contributed by atoms with E-state index < -0.39 is 0 Å². The van der Waals surface area contributed by atoms with Crippen LogP contribution in [0.2, 0.25) is 5.02 Å². The third-order valence-electron chi connectivity index (χ3n) is 6.90. The Morgan fingerprint density at radius 2 is 1.97 bits per heavy atom. The van der Waals surface area contributed by atoms with Crippen molar-refractivity contribution in [2.24, 2.45) is 5.92 Å². The highest BCUT2D eigenvalue weighted by Crippen LogP contribution is 2.50. The van der Waals surface area contributed by atoms with Crippen molar-refractivity contribution >= 4 is 23.2 Å². The van der Waals surface area contributed by atoms with E-state index in [-0.39, 0.29) is 11.9 Å². The molecule has 2 aromatic carbocycles. The molecule has 0 saturated carbocycles. The second kappa shape index (κ2) is 7.53. The lowest BCUT2D eigenvalue weighted by Crippen LogP contribution is -2.42. The van der Waals surface area contributed by atoms with Crippen molar-refractivity contribution in [3.8, 4) is 0 Å². The fourth-order valence-corrected chi connectivity index (χ4v) is 5.42. The summed E-state index contributed by atoms with van der Waals surface area (Å²) < 4.78 is 0. The van der Waals surface area contributed by atoms with Gasteiger partial charge in [-0.05, 0) is 80.0 Å². The number of likely N-dealkylation sites (tertiary alicyclic amines) is 1. The number of carbonyl (C=O) groups excluding carboxylic acids is 1. The van der Waals surface area contributed by atoms with Crippen molar-refractivity contribution < 1.29 is 4.79 Å². The number of rotatable bonds is 2. The minimum absolute atomic E-state index is 0.179. The van der Waals surface area contributed by atoms with Gasteiger partial charge in [0.05, 0.1) is 6.04 Å². The molecule has 1 saturated heterocycles. The monoisotopic (exact) mass is 406 g/mol. The molecular formula is C25H27ClN2O. The van der Waals surface area contributed by atoms with Crippen LogP contribution in [0.4, 0.5) is 5.69 Å². The number of halogens is 1. The van der Waals surface area contributed by atoms with E-state index in [1.807, 2.05) is 18.2 Å². The average molecular weight is 407 g/mol. The topological polar surface area (TPSA) is 32.3 Å². The number of amides is 1. The Bertz CT molecular complexity index is 952. The molecule has 2 aromatic rings. The second-order valence-electron chi connectivity index (χ2n) is 8.67. The maximum Gasteiger partial charge on any atom is 0.254 e. The summed E-state index contributed by atoms with van der Waals surface area (Å²) in [4.78, 5) is 15.2. The highest BCUT2D eigenvalue weighted by atomic mass is 35.5. The molecule has 0 aromatic heterocycles. The summed E-state index contributed by atoms with van der Waals surface area (Å²) in [6, 6.07) is 15.0. The normalized spacial score (nSPS) is 27.9. The second-order valence-corrected chi connectivity index (χ2v) is 9.11. The van der Waals surface area contributed by atoms with Gasteiger partial charge in [0.25, 0.3) is 5.91 Å². The summed E-state index contributed by atoms with van der Waals surface area (Å²) in [5, 5.41) is 4.52. The summed E-state index contributed by atoms with van der Waals surface area (Å²) in [7, 11) is 0. The van der Waals surface area contributed by atoms with Crippen molar-refractivity contribution in [3.05, 3.63) is 76.3 Å². The van der Waals surface area contributed by atoms with Crippen molar-refractivity contribution in [3.63, 3.8) is 0 Å². The predicted octanol–water partition coefficient (Wildman–Crippen LogP) is 6.18. The fourth-order valence-electron chi connectivity index (χ4n) is 5.29. The zero-order chi connectivity index (χ0) is 20.0. The van der Waals surface area contributed by atoms with Gasteiger partial charge < -0.3 is 10.2 Å². The molecule has 1 fully saturated rings. The van der Waals surface area contributed by atoms with E-state index in [1.165, 1.54) is 17.5 Å². The molecule has 0 radical (unpaired) electrons. The maximum absolute atomic E-state index is 13.2. The smallest absolute Gasteiger partial charge is 0.254 e. The first-order valence-corrected chi connectivity index (χ1v) is 11.1. The van der Waals surface area contributed by atoms with Crippen molar-refractivity contribution in [1.82, 2.24) is 4.90 Å². The van der Waals surface area contributed by atoms with E-state index in [2.05, 4.69) is 53.6 Å². The molecule has 2 heterocycles. The van der Waals surface area contributed by atoms with Gasteiger partial charge >= 0.3 is 0 Å². The molecule has 1 N–H and O–H groups in total. The Kier molecular flexibility index (Phi) is 4.87. The minimum atomic E-state index is 0.179. The summed E-state index contributed by atoms with van der Waals surface area (Å²) in [6.45, 7) is 3.05. The van der Waals surface area contributed by atoms with Crippen LogP contribution in [-0.2, 0) is 0 Å². The van der Waals surface area contributed by atoms with Crippen LogP contribution in [0.15, 0.2) is 54.6 Å². The summed E-state index contributed by atoms with van der Waals surface area (Å²) >= 11 is 6.10. The van der Waals surface area contributed by atoms with Crippen molar-refractivity contribution in [2.75, 3.05) is 11.9 Å². The number of fused-ring (bicyclic) bond motifs is 3. The van der Waals surface area contributed by atoms with Crippen LogP contribution in [0.1, 0.15) is 66.1 Å². The lowest BCUT2D eigenvalue weighted by molar-refractivity contribution is 0.0635. The lowest BCUT2D eigenvalue weighted by atomic mass is 9.76. The highest BCUT2D eigenvalue weighted by Gasteiger charge is 2.38. The quantitative estimate of drug-likeness (QED) is 0.604. The molecule has 5 rings (SSSR count). The molecule has 4 atom stereocenters. The van der Waals surface area contributed by atoms with Crippen LogP contribution in [0, 0.1) is 5.92 Å². The molecule has 2 aliphatic heterocycles. The van der Waals surface area contributed by atoms with Crippen LogP contribution in [0.5, 0.6) is 0 Å². The van der Waals surface area contributed by atoms with E-state index in [0.29, 0.717) is 17.9 Å². The SMILES string of the molecule is C[C@@H]1CCCCN1C(=O)c1ccc2c(c1)[C@@H]1C=CC[C@@H]1[C@@H](c1ccc(Cl)cc1)N2. The number of hydrogen-bond donors (Lipinski definition) is 1. The van der Waals surface area contributed by atoms with Gasteiger partial charge in [0.2, 0.25) is 0 Å². The average Bonchev–Trinajstić information content (AvgIpc) is 3.24.